The van der Waals surface area contributed by atoms with Gasteiger partial charge in [0.1, 0.15) is 0 Å². The van der Waals surface area contributed by atoms with Crippen molar-refractivity contribution in [1.82, 2.24) is 5.32 Å². The standard InChI is InChI=1S/C14H18ClN/c1-4-5-6-10-14(16-3)12-8-7-9-13(15)11(12)2/h7-9,14,16H,6,10H2,1-3H3. The molecule has 0 spiro atoms. The highest BCUT2D eigenvalue weighted by Crippen LogP contribution is 2.26. The van der Waals surface area contributed by atoms with Crippen molar-refractivity contribution in [1.29, 1.82) is 0 Å². The zero-order chi connectivity index (χ0) is 12.0. The normalized spacial score (nSPS) is 11.8. The van der Waals surface area contributed by atoms with Gasteiger partial charge in [-0.15, -0.1) is 11.8 Å². The van der Waals surface area contributed by atoms with Crippen LogP contribution >= 0.6 is 11.6 Å². The summed E-state index contributed by atoms with van der Waals surface area (Å²) in [6.07, 6.45) is 1.92. The molecule has 0 bridgehead atoms. The maximum absolute atomic E-state index is 6.12. The van der Waals surface area contributed by atoms with Crippen LogP contribution in [0.15, 0.2) is 18.2 Å². The quantitative estimate of drug-likeness (QED) is 0.785. The van der Waals surface area contributed by atoms with Crippen molar-refractivity contribution >= 4 is 11.6 Å². The smallest absolute Gasteiger partial charge is 0.0438 e. The van der Waals surface area contributed by atoms with Gasteiger partial charge in [0.05, 0.1) is 0 Å². The molecule has 0 aliphatic rings. The maximum Gasteiger partial charge on any atom is 0.0438 e. The molecule has 1 rings (SSSR count). The van der Waals surface area contributed by atoms with Crippen LogP contribution in [0, 0.1) is 18.8 Å². The van der Waals surface area contributed by atoms with Gasteiger partial charge in [0, 0.05) is 17.5 Å². The summed E-state index contributed by atoms with van der Waals surface area (Å²) in [5, 5.41) is 4.15. The summed E-state index contributed by atoms with van der Waals surface area (Å²) >= 11 is 6.12. The van der Waals surface area contributed by atoms with Crippen LogP contribution in [0.2, 0.25) is 5.02 Å². The summed E-state index contributed by atoms with van der Waals surface area (Å²) in [4.78, 5) is 0. The second-order valence-corrected chi connectivity index (χ2v) is 4.17. The van der Waals surface area contributed by atoms with E-state index in [9.17, 15) is 0 Å². The Balaban J connectivity index is 2.85. The maximum atomic E-state index is 6.12. The first-order valence-corrected chi connectivity index (χ1v) is 5.90. The van der Waals surface area contributed by atoms with Crippen molar-refractivity contribution in [2.24, 2.45) is 0 Å². The van der Waals surface area contributed by atoms with Gasteiger partial charge < -0.3 is 5.32 Å². The van der Waals surface area contributed by atoms with Gasteiger partial charge in [-0.3, -0.25) is 0 Å². The molecule has 1 unspecified atom stereocenters. The fourth-order valence-electron chi connectivity index (χ4n) is 1.80. The van der Waals surface area contributed by atoms with Crippen LogP contribution in [0.5, 0.6) is 0 Å². The predicted octanol–water partition coefficient (Wildman–Crippen LogP) is 3.71. The molecule has 0 saturated heterocycles. The van der Waals surface area contributed by atoms with E-state index in [0.717, 1.165) is 23.4 Å². The highest BCUT2D eigenvalue weighted by Gasteiger charge is 2.12. The molecule has 1 N–H and O–H groups in total. The number of hydrogen-bond acceptors (Lipinski definition) is 1. The van der Waals surface area contributed by atoms with Gasteiger partial charge >= 0.3 is 0 Å². The lowest BCUT2D eigenvalue weighted by Crippen LogP contribution is -2.17. The molecule has 0 fully saturated rings. The van der Waals surface area contributed by atoms with Crippen LogP contribution < -0.4 is 5.32 Å². The van der Waals surface area contributed by atoms with Crippen LogP contribution in [0.1, 0.15) is 36.9 Å². The van der Waals surface area contributed by atoms with Gasteiger partial charge in [-0.1, -0.05) is 23.7 Å². The van der Waals surface area contributed by atoms with Crippen molar-refractivity contribution in [2.75, 3.05) is 7.05 Å². The predicted molar refractivity (Wildman–Crippen MR) is 70.7 cm³/mol. The zero-order valence-corrected chi connectivity index (χ0v) is 10.9. The Kier molecular flexibility index (Phi) is 5.38. The molecule has 1 nitrogen and oxygen atoms in total. The largest absolute Gasteiger partial charge is 0.313 e. The minimum Gasteiger partial charge on any atom is -0.313 e. The lowest BCUT2D eigenvalue weighted by Gasteiger charge is -2.18. The molecule has 0 saturated carbocycles. The number of nitrogens with one attached hydrogen (secondary N) is 1. The molecular formula is C14H18ClN. The van der Waals surface area contributed by atoms with E-state index in [0.29, 0.717) is 6.04 Å². The van der Waals surface area contributed by atoms with Crippen LogP contribution in [0.4, 0.5) is 0 Å². The first-order valence-electron chi connectivity index (χ1n) is 5.52. The fraction of sp³-hybridized carbons (Fsp3) is 0.429. The van der Waals surface area contributed by atoms with Crippen molar-refractivity contribution in [3.05, 3.63) is 34.3 Å². The third kappa shape index (κ3) is 3.27. The molecule has 0 aliphatic carbocycles. The Labute approximate surface area is 103 Å². The van der Waals surface area contributed by atoms with Crippen molar-refractivity contribution in [2.45, 2.75) is 32.7 Å². The molecule has 2 heteroatoms. The Morgan fingerprint density at radius 3 is 2.81 bits per heavy atom. The molecule has 16 heavy (non-hydrogen) atoms. The minimum atomic E-state index is 0.333. The van der Waals surface area contributed by atoms with Gasteiger partial charge in [0.2, 0.25) is 0 Å². The van der Waals surface area contributed by atoms with Gasteiger partial charge in [-0.25, -0.2) is 0 Å². The van der Waals surface area contributed by atoms with E-state index in [4.69, 9.17) is 11.6 Å². The Morgan fingerprint density at radius 2 is 2.19 bits per heavy atom. The van der Waals surface area contributed by atoms with Gasteiger partial charge in [0.25, 0.3) is 0 Å². The first kappa shape index (κ1) is 13.1. The monoisotopic (exact) mass is 235 g/mol. The van der Waals surface area contributed by atoms with Crippen LogP contribution in [0.25, 0.3) is 0 Å². The third-order valence-electron chi connectivity index (χ3n) is 2.77. The van der Waals surface area contributed by atoms with E-state index in [2.05, 4.69) is 30.1 Å². The van der Waals surface area contributed by atoms with E-state index < -0.39 is 0 Å². The first-order chi connectivity index (χ1) is 7.70. The van der Waals surface area contributed by atoms with E-state index in [-0.39, 0.29) is 0 Å². The van der Waals surface area contributed by atoms with Crippen molar-refractivity contribution in [3.63, 3.8) is 0 Å². The summed E-state index contributed by atoms with van der Waals surface area (Å²) in [7, 11) is 1.98. The molecule has 86 valence electrons. The highest BCUT2D eigenvalue weighted by molar-refractivity contribution is 6.31. The minimum absolute atomic E-state index is 0.333. The van der Waals surface area contributed by atoms with E-state index in [1.165, 1.54) is 5.56 Å². The zero-order valence-electron chi connectivity index (χ0n) is 10.1. The molecule has 0 aromatic heterocycles. The van der Waals surface area contributed by atoms with Crippen molar-refractivity contribution < 1.29 is 0 Å². The highest BCUT2D eigenvalue weighted by atomic mass is 35.5. The fourth-order valence-corrected chi connectivity index (χ4v) is 1.98. The SMILES string of the molecule is CC#CCCC(NC)c1cccc(Cl)c1C. The van der Waals surface area contributed by atoms with Crippen LogP contribution in [0.3, 0.4) is 0 Å². The Bertz CT molecular complexity index is 401. The topological polar surface area (TPSA) is 12.0 Å². The third-order valence-corrected chi connectivity index (χ3v) is 3.18. The summed E-state index contributed by atoms with van der Waals surface area (Å²) in [5.41, 5.74) is 2.43. The molecule has 0 radical (unpaired) electrons. The van der Waals surface area contributed by atoms with Crippen molar-refractivity contribution in [3.8, 4) is 11.8 Å². The average Bonchev–Trinajstić information content (AvgIpc) is 2.29. The number of rotatable bonds is 4. The second-order valence-electron chi connectivity index (χ2n) is 3.76. The molecule has 1 atom stereocenters. The molecule has 1 aromatic carbocycles. The Morgan fingerprint density at radius 1 is 1.44 bits per heavy atom. The summed E-state index contributed by atoms with van der Waals surface area (Å²) in [6.45, 7) is 3.94. The molecular weight excluding hydrogens is 218 g/mol. The van der Waals surface area contributed by atoms with Gasteiger partial charge in [-0.05, 0) is 44.5 Å². The lowest BCUT2D eigenvalue weighted by atomic mass is 9.98. The van der Waals surface area contributed by atoms with Crippen LogP contribution in [-0.4, -0.2) is 7.05 Å². The summed E-state index contributed by atoms with van der Waals surface area (Å²) < 4.78 is 0. The van der Waals surface area contributed by atoms with Gasteiger partial charge in [-0.2, -0.15) is 0 Å². The molecule has 0 aliphatic heterocycles. The number of halogens is 1. The Hall–Kier alpha value is -0.970. The van der Waals surface area contributed by atoms with E-state index in [1.54, 1.807) is 0 Å². The van der Waals surface area contributed by atoms with E-state index in [1.807, 2.05) is 26.1 Å². The molecule has 1 aromatic rings. The number of benzene rings is 1. The summed E-state index contributed by atoms with van der Waals surface area (Å²) in [6, 6.07) is 6.39. The second kappa shape index (κ2) is 6.58. The van der Waals surface area contributed by atoms with E-state index >= 15 is 0 Å². The lowest BCUT2D eigenvalue weighted by molar-refractivity contribution is 0.556. The molecule has 0 heterocycles. The van der Waals surface area contributed by atoms with Gasteiger partial charge in [0.15, 0.2) is 0 Å². The summed E-state index contributed by atoms with van der Waals surface area (Å²) in [5.74, 6) is 6.01. The average molecular weight is 236 g/mol. The number of hydrogen-bond donors (Lipinski definition) is 1. The van der Waals surface area contributed by atoms with Crippen LogP contribution in [-0.2, 0) is 0 Å². The molecule has 0 amide bonds.